The minimum absolute atomic E-state index is 0.0705. The van der Waals surface area contributed by atoms with Crippen molar-refractivity contribution < 1.29 is 18.0 Å². The Morgan fingerprint density at radius 1 is 1.06 bits per heavy atom. The van der Waals surface area contributed by atoms with Gasteiger partial charge in [-0.3, -0.25) is 9.59 Å². The summed E-state index contributed by atoms with van der Waals surface area (Å²) in [6.45, 7) is 5.35. The average molecular weight is 464 g/mol. The van der Waals surface area contributed by atoms with Gasteiger partial charge in [0.15, 0.2) is 0 Å². The van der Waals surface area contributed by atoms with Crippen LogP contribution >= 0.6 is 11.6 Å². The van der Waals surface area contributed by atoms with Gasteiger partial charge in [0.05, 0.1) is 4.90 Å². The zero-order chi connectivity index (χ0) is 22.6. The van der Waals surface area contributed by atoms with E-state index in [-0.39, 0.29) is 17.3 Å². The van der Waals surface area contributed by atoms with Crippen LogP contribution in [-0.2, 0) is 14.8 Å². The molecule has 0 aromatic heterocycles. The highest BCUT2D eigenvalue weighted by molar-refractivity contribution is 7.89. The first-order valence-corrected chi connectivity index (χ1v) is 12.1. The monoisotopic (exact) mass is 463 g/mol. The van der Waals surface area contributed by atoms with E-state index in [1.807, 2.05) is 13.8 Å². The van der Waals surface area contributed by atoms with E-state index in [0.717, 1.165) is 0 Å². The van der Waals surface area contributed by atoms with E-state index in [1.165, 1.54) is 28.6 Å². The smallest absolute Gasteiger partial charge is 0.253 e. The predicted molar refractivity (Wildman–Crippen MR) is 121 cm³/mol. The van der Waals surface area contributed by atoms with Crippen LogP contribution in [0.25, 0.3) is 0 Å². The first-order valence-electron chi connectivity index (χ1n) is 10.3. The second-order valence-corrected chi connectivity index (χ2v) is 9.60. The highest BCUT2D eigenvalue weighted by Crippen LogP contribution is 2.28. The molecule has 7 nitrogen and oxygen atoms in total. The molecule has 166 valence electrons. The summed E-state index contributed by atoms with van der Waals surface area (Å²) in [4.78, 5) is 27.1. The van der Waals surface area contributed by atoms with Gasteiger partial charge in [0.25, 0.3) is 5.91 Å². The Kier molecular flexibility index (Phi) is 7.35. The van der Waals surface area contributed by atoms with Gasteiger partial charge in [-0.1, -0.05) is 11.6 Å². The number of benzene rings is 2. The zero-order valence-corrected chi connectivity index (χ0v) is 19.1. The molecule has 1 fully saturated rings. The van der Waals surface area contributed by atoms with Crippen LogP contribution in [0.15, 0.2) is 53.4 Å². The molecule has 0 radical (unpaired) electrons. The number of nitrogens with zero attached hydrogens (tertiary/aromatic N) is 2. The second kappa shape index (κ2) is 9.80. The molecule has 0 saturated carbocycles. The molecule has 0 spiro atoms. The van der Waals surface area contributed by atoms with Gasteiger partial charge < -0.3 is 10.2 Å². The summed E-state index contributed by atoms with van der Waals surface area (Å²) in [7, 11) is -3.81. The molecule has 1 aliphatic rings. The highest BCUT2D eigenvalue weighted by Gasteiger charge is 2.39. The van der Waals surface area contributed by atoms with Gasteiger partial charge in [0.2, 0.25) is 15.9 Å². The molecule has 0 bridgehead atoms. The van der Waals surface area contributed by atoms with Gasteiger partial charge >= 0.3 is 0 Å². The Morgan fingerprint density at radius 3 is 2.26 bits per heavy atom. The maximum Gasteiger partial charge on any atom is 0.253 e. The van der Waals surface area contributed by atoms with Gasteiger partial charge in [-0.05, 0) is 75.2 Å². The largest absolute Gasteiger partial charge is 0.339 e. The third-order valence-corrected chi connectivity index (χ3v) is 7.55. The van der Waals surface area contributed by atoms with E-state index in [0.29, 0.717) is 42.2 Å². The van der Waals surface area contributed by atoms with Gasteiger partial charge in [-0.25, -0.2) is 8.42 Å². The fourth-order valence-corrected chi connectivity index (χ4v) is 5.43. The lowest BCUT2D eigenvalue weighted by molar-refractivity contribution is -0.119. The maximum atomic E-state index is 13.0. The minimum Gasteiger partial charge on any atom is -0.339 e. The SMILES string of the molecule is CCN(CC)C(=O)c1ccc(NC(=O)[C@H]2CCCN2S(=O)(=O)c2ccc(Cl)cc2)cc1. The van der Waals surface area contributed by atoms with Crippen molar-refractivity contribution in [2.24, 2.45) is 0 Å². The molecule has 1 aliphatic heterocycles. The van der Waals surface area contributed by atoms with E-state index in [2.05, 4.69) is 5.32 Å². The molecule has 9 heteroatoms. The summed E-state index contributed by atoms with van der Waals surface area (Å²) in [5.74, 6) is -0.461. The third kappa shape index (κ3) is 5.08. The Balaban J connectivity index is 1.72. The Bertz CT molecular complexity index is 1040. The lowest BCUT2D eigenvalue weighted by atomic mass is 10.1. The summed E-state index contributed by atoms with van der Waals surface area (Å²) >= 11 is 5.86. The van der Waals surface area contributed by atoms with Crippen LogP contribution < -0.4 is 5.32 Å². The Morgan fingerprint density at radius 2 is 1.68 bits per heavy atom. The molecule has 2 aromatic rings. The van der Waals surface area contributed by atoms with E-state index in [1.54, 1.807) is 29.2 Å². The van der Waals surface area contributed by atoms with E-state index in [9.17, 15) is 18.0 Å². The molecular weight excluding hydrogens is 438 g/mol. The van der Waals surface area contributed by atoms with Crippen molar-refractivity contribution in [2.75, 3.05) is 25.0 Å². The van der Waals surface area contributed by atoms with Crippen molar-refractivity contribution in [2.45, 2.75) is 37.6 Å². The number of hydrogen-bond acceptors (Lipinski definition) is 4. The van der Waals surface area contributed by atoms with Crippen molar-refractivity contribution in [3.05, 3.63) is 59.1 Å². The highest BCUT2D eigenvalue weighted by atomic mass is 35.5. The normalized spacial score (nSPS) is 16.8. The minimum atomic E-state index is -3.81. The van der Waals surface area contributed by atoms with Gasteiger partial charge in [0, 0.05) is 35.9 Å². The van der Waals surface area contributed by atoms with Gasteiger partial charge in [-0.15, -0.1) is 0 Å². The van der Waals surface area contributed by atoms with Crippen LogP contribution in [0.5, 0.6) is 0 Å². The second-order valence-electron chi connectivity index (χ2n) is 7.27. The number of sulfonamides is 1. The van der Waals surface area contributed by atoms with Crippen molar-refractivity contribution in [1.29, 1.82) is 0 Å². The number of anilines is 1. The number of carbonyl (C=O) groups is 2. The number of carbonyl (C=O) groups excluding carboxylic acids is 2. The van der Waals surface area contributed by atoms with Crippen molar-refractivity contribution >= 4 is 39.1 Å². The fraction of sp³-hybridized carbons (Fsp3) is 0.364. The number of nitrogens with one attached hydrogen (secondary N) is 1. The Hall–Kier alpha value is -2.42. The molecule has 1 heterocycles. The molecule has 0 aliphatic carbocycles. The number of rotatable bonds is 7. The summed E-state index contributed by atoms with van der Waals surface area (Å²) in [5, 5.41) is 3.22. The van der Waals surface area contributed by atoms with Crippen LogP contribution in [0, 0.1) is 0 Å². The first-order chi connectivity index (χ1) is 14.8. The molecule has 3 rings (SSSR count). The molecule has 1 atom stereocenters. The summed E-state index contributed by atoms with van der Waals surface area (Å²) in [6.07, 6.45) is 1.04. The quantitative estimate of drug-likeness (QED) is 0.679. The summed E-state index contributed by atoms with van der Waals surface area (Å²) in [5.41, 5.74) is 1.05. The fourth-order valence-electron chi connectivity index (χ4n) is 3.65. The number of halogens is 1. The van der Waals surface area contributed by atoms with Crippen LogP contribution in [0.1, 0.15) is 37.0 Å². The topological polar surface area (TPSA) is 86.8 Å². The van der Waals surface area contributed by atoms with Gasteiger partial charge in [0.1, 0.15) is 6.04 Å². The molecule has 2 amide bonds. The Labute approximate surface area is 188 Å². The molecule has 31 heavy (non-hydrogen) atoms. The summed E-state index contributed by atoms with van der Waals surface area (Å²) < 4.78 is 27.3. The van der Waals surface area contributed by atoms with Crippen molar-refractivity contribution in [3.8, 4) is 0 Å². The third-order valence-electron chi connectivity index (χ3n) is 5.38. The molecule has 1 saturated heterocycles. The van der Waals surface area contributed by atoms with Gasteiger partial charge in [-0.2, -0.15) is 4.31 Å². The van der Waals surface area contributed by atoms with E-state index < -0.39 is 22.0 Å². The van der Waals surface area contributed by atoms with Crippen molar-refractivity contribution in [3.63, 3.8) is 0 Å². The van der Waals surface area contributed by atoms with Crippen LogP contribution in [-0.4, -0.2) is 55.1 Å². The molecular formula is C22H26ClN3O4S. The summed E-state index contributed by atoms with van der Waals surface area (Å²) in [6, 6.07) is 11.7. The number of hydrogen-bond donors (Lipinski definition) is 1. The maximum absolute atomic E-state index is 13.0. The van der Waals surface area contributed by atoms with Crippen molar-refractivity contribution in [1.82, 2.24) is 9.21 Å². The number of amides is 2. The first kappa shape index (κ1) is 23.2. The van der Waals surface area contributed by atoms with E-state index >= 15 is 0 Å². The lowest BCUT2D eigenvalue weighted by Crippen LogP contribution is -2.43. The average Bonchev–Trinajstić information content (AvgIpc) is 3.26. The predicted octanol–water partition coefficient (Wildman–Crippen LogP) is 3.61. The lowest BCUT2D eigenvalue weighted by Gasteiger charge is -2.23. The standard InChI is InChI=1S/C22H26ClN3O4S/c1-3-25(4-2)22(28)16-7-11-18(12-8-16)24-21(27)20-6-5-15-26(20)31(29,30)19-13-9-17(23)10-14-19/h7-14,20H,3-6,15H2,1-2H3,(H,24,27)/t20-/m1/s1. The zero-order valence-electron chi connectivity index (χ0n) is 17.5. The molecule has 0 unspecified atom stereocenters. The molecule has 2 aromatic carbocycles. The molecule has 1 N–H and O–H groups in total. The van der Waals surface area contributed by atoms with E-state index in [4.69, 9.17) is 11.6 Å². The van der Waals surface area contributed by atoms with Crippen LogP contribution in [0.3, 0.4) is 0 Å². The van der Waals surface area contributed by atoms with Crippen LogP contribution in [0.4, 0.5) is 5.69 Å². The van der Waals surface area contributed by atoms with Crippen LogP contribution in [0.2, 0.25) is 5.02 Å².